The van der Waals surface area contributed by atoms with Gasteiger partial charge >= 0.3 is 29.0 Å². The first-order chi connectivity index (χ1) is 7.63. The third-order valence-corrected chi connectivity index (χ3v) is 5.32. The zero-order valence-electron chi connectivity index (χ0n) is 7.86. The topological polar surface area (TPSA) is 95.8 Å². The first-order valence-corrected chi connectivity index (χ1v) is 6.90. The summed E-state index contributed by atoms with van der Waals surface area (Å²) < 4.78 is 31.6. The van der Waals surface area contributed by atoms with E-state index in [0.717, 1.165) is 0 Å². The summed E-state index contributed by atoms with van der Waals surface area (Å²) >= 11 is 0. The maximum absolute atomic E-state index is 9.98. The molecule has 10 heteroatoms. The van der Waals surface area contributed by atoms with E-state index in [1.807, 2.05) is 0 Å². The van der Waals surface area contributed by atoms with Crippen LogP contribution in [-0.2, 0) is 27.1 Å². The standard InChI is InChI=1S/C6H8O8P2/c7-3-1-2-4-5(11-15(9-4)10-4)6(8)13-16(12-5)14-6/h7-8H,1-3H2. The van der Waals surface area contributed by atoms with Crippen LogP contribution in [0.25, 0.3) is 0 Å². The molecule has 16 heavy (non-hydrogen) atoms. The van der Waals surface area contributed by atoms with Crippen molar-refractivity contribution >= 4 is 17.2 Å². The largest absolute Gasteiger partial charge is 0.396 e. The molecule has 1 spiro atoms. The van der Waals surface area contributed by atoms with Crippen LogP contribution in [0.15, 0.2) is 0 Å². The average Bonchev–Trinajstić information content (AvgIpc) is 2.78. The van der Waals surface area contributed by atoms with Gasteiger partial charge in [-0.05, 0) is 6.42 Å². The number of aliphatic hydroxyl groups excluding tert-OH is 1. The van der Waals surface area contributed by atoms with Crippen molar-refractivity contribution in [2.24, 2.45) is 0 Å². The summed E-state index contributed by atoms with van der Waals surface area (Å²) in [6, 6.07) is 0. The molecule has 6 saturated heterocycles. The van der Waals surface area contributed by atoms with Gasteiger partial charge in [0, 0.05) is 13.0 Å². The number of aliphatic hydroxyl groups is 2. The zero-order valence-corrected chi connectivity index (χ0v) is 9.65. The molecule has 0 saturated carbocycles. The molecule has 0 aromatic heterocycles. The lowest BCUT2D eigenvalue weighted by atomic mass is 9.98. The van der Waals surface area contributed by atoms with Gasteiger partial charge in [-0.1, -0.05) is 0 Å². The lowest BCUT2D eigenvalue weighted by molar-refractivity contribution is -0.417. The SMILES string of the molecule is OCCCC12OP(O1)OC21OP2OC1(O)O2. The van der Waals surface area contributed by atoms with Gasteiger partial charge < -0.3 is 10.2 Å². The molecule has 6 aliphatic heterocycles. The van der Waals surface area contributed by atoms with Gasteiger partial charge in [-0.25, -0.2) is 9.05 Å². The average molecular weight is 270 g/mol. The summed E-state index contributed by atoms with van der Waals surface area (Å²) in [6.45, 7) is -0.0165. The van der Waals surface area contributed by atoms with Crippen molar-refractivity contribution in [1.29, 1.82) is 0 Å². The van der Waals surface area contributed by atoms with Crippen molar-refractivity contribution in [2.45, 2.75) is 30.4 Å². The van der Waals surface area contributed by atoms with Gasteiger partial charge in [-0.3, -0.25) is 18.1 Å². The number of hydrogen-bond acceptors (Lipinski definition) is 8. The molecule has 6 aliphatic rings. The van der Waals surface area contributed by atoms with Gasteiger partial charge in [-0.15, -0.1) is 0 Å². The summed E-state index contributed by atoms with van der Waals surface area (Å²) in [6.07, 6.45) is 0.770. The minimum atomic E-state index is -1.94. The van der Waals surface area contributed by atoms with Gasteiger partial charge in [0.15, 0.2) is 0 Å². The molecule has 0 aliphatic carbocycles. The highest BCUT2D eigenvalue weighted by molar-refractivity contribution is 7.45. The molecule has 0 radical (unpaired) electrons. The van der Waals surface area contributed by atoms with Crippen molar-refractivity contribution in [3.8, 4) is 0 Å². The van der Waals surface area contributed by atoms with Crippen LogP contribution >= 0.6 is 17.2 Å². The van der Waals surface area contributed by atoms with Crippen LogP contribution in [0.5, 0.6) is 0 Å². The Labute approximate surface area is 92.3 Å². The first kappa shape index (κ1) is 10.5. The molecule has 0 aromatic rings. The third kappa shape index (κ3) is 0.930. The maximum Gasteiger partial charge on any atom is 0.358 e. The van der Waals surface area contributed by atoms with E-state index in [4.69, 9.17) is 32.2 Å². The van der Waals surface area contributed by atoms with Gasteiger partial charge in [0.2, 0.25) is 5.79 Å². The first-order valence-electron chi connectivity index (χ1n) is 4.71. The number of rotatable bonds is 3. The molecular weight excluding hydrogens is 262 g/mol. The normalized spacial score (nSPS) is 61.1. The van der Waals surface area contributed by atoms with Crippen molar-refractivity contribution < 1.29 is 37.4 Å². The minimum absolute atomic E-state index is 0.0165. The Morgan fingerprint density at radius 2 is 1.56 bits per heavy atom. The van der Waals surface area contributed by atoms with Crippen LogP contribution in [0.2, 0.25) is 0 Å². The Morgan fingerprint density at radius 1 is 0.938 bits per heavy atom. The van der Waals surface area contributed by atoms with Crippen LogP contribution in [-0.4, -0.2) is 34.4 Å². The molecule has 6 rings (SSSR count). The van der Waals surface area contributed by atoms with Gasteiger partial charge in [-0.2, -0.15) is 0 Å². The molecule has 6 fully saturated rings. The van der Waals surface area contributed by atoms with E-state index in [1.54, 1.807) is 0 Å². The van der Waals surface area contributed by atoms with Crippen molar-refractivity contribution in [3.63, 3.8) is 0 Å². The molecule has 90 valence electrons. The highest BCUT2D eigenvalue weighted by Gasteiger charge is 2.92. The number of hydrogen-bond donors (Lipinski definition) is 2. The van der Waals surface area contributed by atoms with E-state index in [2.05, 4.69) is 0 Å². The van der Waals surface area contributed by atoms with E-state index in [0.29, 0.717) is 12.8 Å². The molecular formula is C6H8O8P2. The molecule has 0 aromatic carbocycles. The molecule has 1 atom stereocenters. The molecule has 0 amide bonds. The zero-order chi connectivity index (χ0) is 11.0. The molecule has 4 bridgehead atoms. The summed E-state index contributed by atoms with van der Waals surface area (Å²) in [5.74, 6) is -4.71. The fourth-order valence-electron chi connectivity index (χ4n) is 2.06. The fourth-order valence-corrected chi connectivity index (χ4v) is 4.85. The van der Waals surface area contributed by atoms with E-state index in [1.165, 1.54) is 0 Å². The second kappa shape index (κ2) is 2.92. The van der Waals surface area contributed by atoms with Crippen molar-refractivity contribution in [3.05, 3.63) is 0 Å². The molecule has 1 unspecified atom stereocenters. The molecule has 2 N–H and O–H groups in total. The Morgan fingerprint density at radius 3 is 2.06 bits per heavy atom. The summed E-state index contributed by atoms with van der Waals surface area (Å²) in [7, 11) is -3.06. The Hall–Kier alpha value is 0.540. The van der Waals surface area contributed by atoms with E-state index in [9.17, 15) is 5.11 Å². The predicted molar refractivity (Wildman–Crippen MR) is 47.1 cm³/mol. The highest BCUT2D eigenvalue weighted by atomic mass is 31.2. The summed E-state index contributed by atoms with van der Waals surface area (Å²) in [5.41, 5.74) is 0. The van der Waals surface area contributed by atoms with Crippen LogP contribution < -0.4 is 0 Å². The van der Waals surface area contributed by atoms with E-state index >= 15 is 0 Å². The third-order valence-electron chi connectivity index (χ3n) is 2.83. The van der Waals surface area contributed by atoms with Crippen molar-refractivity contribution in [1.82, 2.24) is 0 Å². The quantitative estimate of drug-likeness (QED) is 0.711. The van der Waals surface area contributed by atoms with Gasteiger partial charge in [0.05, 0.1) is 0 Å². The van der Waals surface area contributed by atoms with Crippen LogP contribution in [0.3, 0.4) is 0 Å². The summed E-state index contributed by atoms with van der Waals surface area (Å²) in [5, 5.41) is 18.8. The Kier molecular flexibility index (Phi) is 1.91. The van der Waals surface area contributed by atoms with Crippen LogP contribution in [0.4, 0.5) is 0 Å². The van der Waals surface area contributed by atoms with Gasteiger partial charge in [0.1, 0.15) is 0 Å². The van der Waals surface area contributed by atoms with Gasteiger partial charge in [0.25, 0.3) is 0 Å². The summed E-state index contributed by atoms with van der Waals surface area (Å²) in [4.78, 5) is 0. The lowest BCUT2D eigenvalue weighted by Crippen LogP contribution is -2.65. The molecule has 6 heterocycles. The highest BCUT2D eigenvalue weighted by Crippen LogP contribution is 2.85. The smallest absolute Gasteiger partial charge is 0.358 e. The van der Waals surface area contributed by atoms with E-state index < -0.39 is 34.8 Å². The maximum atomic E-state index is 9.98. The minimum Gasteiger partial charge on any atom is -0.396 e. The predicted octanol–water partition coefficient (Wildman–Crippen LogP) is 0.405. The second-order valence-corrected chi connectivity index (χ2v) is 5.76. The van der Waals surface area contributed by atoms with Crippen LogP contribution in [0.1, 0.15) is 12.8 Å². The van der Waals surface area contributed by atoms with E-state index in [-0.39, 0.29) is 6.61 Å². The monoisotopic (exact) mass is 270 g/mol. The van der Waals surface area contributed by atoms with Crippen molar-refractivity contribution in [2.75, 3.05) is 6.61 Å². The second-order valence-electron chi connectivity index (χ2n) is 3.77. The fraction of sp³-hybridized carbons (Fsp3) is 1.00. The Bertz CT molecular complexity index is 335. The lowest BCUT2D eigenvalue weighted by Gasteiger charge is -2.41. The Balaban J connectivity index is 1.68. The molecule has 8 nitrogen and oxygen atoms in total. The van der Waals surface area contributed by atoms with Crippen LogP contribution in [0, 0.1) is 0 Å².